The number of carbonyl (C=O) groups excluding carboxylic acids is 1. The molecule has 1 aliphatic heterocycles. The van der Waals surface area contributed by atoms with E-state index in [9.17, 15) is 4.79 Å². The maximum Gasteiger partial charge on any atom is 0.410 e. The van der Waals surface area contributed by atoms with Crippen molar-refractivity contribution in [2.24, 2.45) is 0 Å². The van der Waals surface area contributed by atoms with Crippen LogP contribution in [0.2, 0.25) is 5.15 Å². The van der Waals surface area contributed by atoms with Crippen molar-refractivity contribution in [1.82, 2.24) is 19.3 Å². The zero-order chi connectivity index (χ0) is 17.9. The molecular formula is C18H18ClN5O2. The lowest BCUT2D eigenvalue weighted by Crippen LogP contribution is -2.49. The maximum absolute atomic E-state index is 12.3. The summed E-state index contributed by atoms with van der Waals surface area (Å²) in [5.41, 5.74) is 1.75. The molecular weight excluding hydrogens is 354 g/mol. The van der Waals surface area contributed by atoms with E-state index in [-0.39, 0.29) is 12.7 Å². The second kappa shape index (κ2) is 7.21. The quantitative estimate of drug-likeness (QED) is 0.708. The minimum Gasteiger partial charge on any atom is -0.445 e. The van der Waals surface area contributed by atoms with Gasteiger partial charge in [0, 0.05) is 38.6 Å². The molecule has 4 rings (SSSR count). The summed E-state index contributed by atoms with van der Waals surface area (Å²) in [5, 5.41) is 0.425. The number of rotatable bonds is 3. The number of hydrogen-bond acceptors (Lipinski definition) is 5. The first-order chi connectivity index (χ1) is 12.7. The Morgan fingerprint density at radius 2 is 1.88 bits per heavy atom. The van der Waals surface area contributed by atoms with Crippen LogP contribution in [-0.2, 0) is 11.3 Å². The standard InChI is InChI=1S/C18H18ClN5O2/c19-16-15-12-21-17(24(15)7-6-20-16)22-8-10-23(11-9-22)18(25)26-13-14-4-2-1-3-5-14/h1-7,12H,8-11,13H2. The summed E-state index contributed by atoms with van der Waals surface area (Å²) in [5.74, 6) is 0.807. The molecule has 0 N–H and O–H groups in total. The molecule has 0 aliphatic carbocycles. The number of piperazine rings is 1. The number of ether oxygens (including phenoxy) is 1. The van der Waals surface area contributed by atoms with Crippen molar-refractivity contribution in [1.29, 1.82) is 0 Å². The first-order valence-corrected chi connectivity index (χ1v) is 8.78. The molecule has 0 bridgehead atoms. The minimum atomic E-state index is -0.284. The highest BCUT2D eigenvalue weighted by Gasteiger charge is 2.24. The molecule has 1 saturated heterocycles. The largest absolute Gasteiger partial charge is 0.445 e. The van der Waals surface area contributed by atoms with Gasteiger partial charge in [0.05, 0.1) is 6.20 Å². The highest BCUT2D eigenvalue weighted by molar-refractivity contribution is 6.32. The number of benzene rings is 1. The molecule has 2 aromatic heterocycles. The van der Waals surface area contributed by atoms with Crippen LogP contribution < -0.4 is 4.90 Å². The van der Waals surface area contributed by atoms with Gasteiger partial charge in [0.2, 0.25) is 5.95 Å². The Morgan fingerprint density at radius 3 is 2.65 bits per heavy atom. The predicted molar refractivity (Wildman–Crippen MR) is 98.4 cm³/mol. The summed E-state index contributed by atoms with van der Waals surface area (Å²) in [6.45, 7) is 2.82. The van der Waals surface area contributed by atoms with Gasteiger partial charge in [-0.25, -0.2) is 14.8 Å². The fraction of sp³-hybridized carbons (Fsp3) is 0.278. The normalized spacial score (nSPS) is 14.7. The number of imidazole rings is 1. The van der Waals surface area contributed by atoms with Gasteiger partial charge >= 0.3 is 6.09 Å². The van der Waals surface area contributed by atoms with Crippen LogP contribution in [0.15, 0.2) is 48.9 Å². The molecule has 134 valence electrons. The van der Waals surface area contributed by atoms with E-state index in [2.05, 4.69) is 14.9 Å². The molecule has 7 nitrogen and oxygen atoms in total. The molecule has 1 fully saturated rings. The van der Waals surface area contributed by atoms with Crippen LogP contribution in [-0.4, -0.2) is 51.5 Å². The highest BCUT2D eigenvalue weighted by Crippen LogP contribution is 2.21. The predicted octanol–water partition coefficient (Wildman–Crippen LogP) is 2.84. The zero-order valence-corrected chi connectivity index (χ0v) is 14.8. The minimum absolute atomic E-state index is 0.284. The van der Waals surface area contributed by atoms with E-state index in [0.717, 1.165) is 17.0 Å². The van der Waals surface area contributed by atoms with E-state index >= 15 is 0 Å². The fourth-order valence-electron chi connectivity index (χ4n) is 3.02. The van der Waals surface area contributed by atoms with Crippen molar-refractivity contribution in [3.63, 3.8) is 0 Å². The van der Waals surface area contributed by atoms with Gasteiger partial charge in [-0.15, -0.1) is 0 Å². The Hall–Kier alpha value is -2.80. The highest BCUT2D eigenvalue weighted by atomic mass is 35.5. The summed E-state index contributed by atoms with van der Waals surface area (Å²) >= 11 is 6.10. The topological polar surface area (TPSA) is 63.0 Å². The van der Waals surface area contributed by atoms with E-state index in [4.69, 9.17) is 16.3 Å². The number of hydrogen-bond donors (Lipinski definition) is 0. The van der Waals surface area contributed by atoms with Gasteiger partial charge in [0.25, 0.3) is 0 Å². The molecule has 3 heterocycles. The fourth-order valence-corrected chi connectivity index (χ4v) is 3.21. The van der Waals surface area contributed by atoms with E-state index in [1.165, 1.54) is 0 Å². The van der Waals surface area contributed by atoms with E-state index in [1.54, 1.807) is 17.3 Å². The molecule has 0 saturated carbocycles. The van der Waals surface area contributed by atoms with Crippen LogP contribution in [0.5, 0.6) is 0 Å². The third kappa shape index (κ3) is 3.30. The number of carbonyl (C=O) groups is 1. The van der Waals surface area contributed by atoms with E-state index in [0.29, 0.717) is 31.3 Å². The monoisotopic (exact) mass is 371 g/mol. The summed E-state index contributed by atoms with van der Waals surface area (Å²) in [7, 11) is 0. The van der Waals surface area contributed by atoms with Gasteiger partial charge in [0.15, 0.2) is 5.15 Å². The number of halogens is 1. The molecule has 1 amide bonds. The molecule has 26 heavy (non-hydrogen) atoms. The Labute approximate surface area is 155 Å². The SMILES string of the molecule is O=C(OCc1ccccc1)N1CCN(c2ncc3c(Cl)nccn23)CC1. The van der Waals surface area contributed by atoms with Crippen LogP contribution in [0.3, 0.4) is 0 Å². The van der Waals surface area contributed by atoms with Gasteiger partial charge in [-0.2, -0.15) is 0 Å². The van der Waals surface area contributed by atoms with Crippen molar-refractivity contribution >= 4 is 29.2 Å². The first-order valence-electron chi connectivity index (χ1n) is 8.40. The van der Waals surface area contributed by atoms with E-state index < -0.39 is 0 Å². The van der Waals surface area contributed by atoms with Crippen LogP contribution >= 0.6 is 11.6 Å². The van der Waals surface area contributed by atoms with Crippen molar-refractivity contribution in [2.45, 2.75) is 6.61 Å². The van der Waals surface area contributed by atoms with Gasteiger partial charge < -0.3 is 14.5 Å². The van der Waals surface area contributed by atoms with Crippen molar-refractivity contribution in [2.75, 3.05) is 31.1 Å². The number of anilines is 1. The summed E-state index contributed by atoms with van der Waals surface area (Å²) in [4.78, 5) is 24.6. The Balaban J connectivity index is 1.36. The number of fused-ring (bicyclic) bond motifs is 1. The molecule has 0 atom stereocenters. The average Bonchev–Trinajstić information content (AvgIpc) is 3.12. The Kier molecular flexibility index (Phi) is 4.62. The first kappa shape index (κ1) is 16.7. The summed E-state index contributed by atoms with van der Waals surface area (Å²) < 4.78 is 7.32. The van der Waals surface area contributed by atoms with Gasteiger partial charge in [0.1, 0.15) is 12.1 Å². The van der Waals surface area contributed by atoms with Crippen LogP contribution in [0.1, 0.15) is 5.56 Å². The number of amides is 1. The molecule has 0 radical (unpaired) electrons. The van der Waals surface area contributed by atoms with Gasteiger partial charge in [-0.3, -0.25) is 4.40 Å². The van der Waals surface area contributed by atoms with Crippen molar-refractivity contribution in [3.8, 4) is 0 Å². The summed E-state index contributed by atoms with van der Waals surface area (Å²) in [6.07, 6.45) is 4.92. The van der Waals surface area contributed by atoms with Crippen LogP contribution in [0.25, 0.3) is 5.52 Å². The molecule has 3 aromatic rings. The van der Waals surface area contributed by atoms with Crippen molar-refractivity contribution in [3.05, 3.63) is 59.6 Å². The lowest BCUT2D eigenvalue weighted by Gasteiger charge is -2.34. The third-order valence-corrected chi connectivity index (χ3v) is 4.71. The van der Waals surface area contributed by atoms with Crippen molar-refractivity contribution < 1.29 is 9.53 Å². The van der Waals surface area contributed by atoms with Gasteiger partial charge in [-0.05, 0) is 5.56 Å². The Bertz CT molecular complexity index is 906. The lowest BCUT2D eigenvalue weighted by atomic mass is 10.2. The van der Waals surface area contributed by atoms with Crippen LogP contribution in [0, 0.1) is 0 Å². The maximum atomic E-state index is 12.3. The number of aromatic nitrogens is 3. The lowest BCUT2D eigenvalue weighted by molar-refractivity contribution is 0.0940. The van der Waals surface area contributed by atoms with E-state index in [1.807, 2.05) is 40.9 Å². The smallest absolute Gasteiger partial charge is 0.410 e. The molecule has 1 aliphatic rings. The zero-order valence-electron chi connectivity index (χ0n) is 14.1. The second-order valence-corrected chi connectivity index (χ2v) is 6.40. The average molecular weight is 372 g/mol. The Morgan fingerprint density at radius 1 is 1.12 bits per heavy atom. The summed E-state index contributed by atoms with van der Waals surface area (Å²) in [6, 6.07) is 9.67. The molecule has 0 spiro atoms. The van der Waals surface area contributed by atoms with Crippen LogP contribution in [0.4, 0.5) is 10.7 Å². The molecule has 1 aromatic carbocycles. The number of nitrogens with zero attached hydrogens (tertiary/aromatic N) is 5. The van der Waals surface area contributed by atoms with Gasteiger partial charge in [-0.1, -0.05) is 41.9 Å². The third-order valence-electron chi connectivity index (χ3n) is 4.42. The second-order valence-electron chi connectivity index (χ2n) is 6.05. The molecule has 0 unspecified atom stereocenters. The molecule has 8 heteroatoms.